The molecule has 1 spiro atoms. The van der Waals surface area contributed by atoms with Crippen LogP contribution in [-0.2, 0) is 16.1 Å². The Morgan fingerprint density at radius 3 is 2.64 bits per heavy atom. The molecular formula is C20H29N3O2. The van der Waals surface area contributed by atoms with Gasteiger partial charge >= 0.3 is 0 Å². The van der Waals surface area contributed by atoms with Crippen LogP contribution in [-0.4, -0.2) is 54.7 Å². The number of ether oxygens (including phenoxy) is 1. The van der Waals surface area contributed by atoms with Crippen molar-refractivity contribution < 1.29 is 9.53 Å². The molecule has 1 aromatic rings. The molecule has 2 N–H and O–H groups in total. The van der Waals surface area contributed by atoms with Gasteiger partial charge in [0, 0.05) is 31.7 Å². The number of nitrogens with zero attached hydrogens (tertiary/aromatic N) is 1. The second kappa shape index (κ2) is 7.44. The molecular weight excluding hydrogens is 314 g/mol. The van der Waals surface area contributed by atoms with Crippen molar-refractivity contribution in [1.82, 2.24) is 15.5 Å². The monoisotopic (exact) mass is 343 g/mol. The number of amides is 1. The van der Waals surface area contributed by atoms with Crippen LogP contribution in [0.25, 0.3) is 0 Å². The maximum atomic E-state index is 12.2. The van der Waals surface area contributed by atoms with Crippen LogP contribution >= 0.6 is 0 Å². The molecule has 5 nitrogen and oxygen atoms in total. The Hall–Kier alpha value is -1.43. The summed E-state index contributed by atoms with van der Waals surface area (Å²) in [6.45, 7) is 3.86. The molecule has 136 valence electrons. The van der Waals surface area contributed by atoms with Gasteiger partial charge in [-0.25, -0.2) is 0 Å². The SMILES string of the molecule is O=C(CN1CCC2(CC1)CC(NC1CC1)CO2)NCc1ccccc1. The van der Waals surface area contributed by atoms with Gasteiger partial charge in [0.15, 0.2) is 0 Å². The van der Waals surface area contributed by atoms with Crippen molar-refractivity contribution >= 4 is 5.91 Å². The maximum absolute atomic E-state index is 12.2. The highest BCUT2D eigenvalue weighted by Gasteiger charge is 2.43. The van der Waals surface area contributed by atoms with Crippen LogP contribution in [0.5, 0.6) is 0 Å². The molecule has 2 heterocycles. The lowest BCUT2D eigenvalue weighted by Gasteiger charge is -2.38. The quantitative estimate of drug-likeness (QED) is 0.825. The first-order valence-corrected chi connectivity index (χ1v) is 9.64. The van der Waals surface area contributed by atoms with Crippen LogP contribution < -0.4 is 10.6 Å². The predicted octanol–water partition coefficient (Wildman–Crippen LogP) is 1.68. The van der Waals surface area contributed by atoms with Crippen molar-refractivity contribution in [2.75, 3.05) is 26.2 Å². The highest BCUT2D eigenvalue weighted by atomic mass is 16.5. The zero-order chi connectivity index (χ0) is 17.1. The summed E-state index contributed by atoms with van der Waals surface area (Å²) in [5, 5.41) is 6.72. The summed E-state index contributed by atoms with van der Waals surface area (Å²) in [6, 6.07) is 11.3. The third kappa shape index (κ3) is 4.60. The highest BCUT2D eigenvalue weighted by Crippen LogP contribution is 2.36. The number of rotatable bonds is 6. The van der Waals surface area contributed by atoms with E-state index in [9.17, 15) is 4.79 Å². The number of hydrogen-bond donors (Lipinski definition) is 2. The number of carbonyl (C=O) groups excluding carboxylic acids is 1. The Labute approximate surface area is 150 Å². The van der Waals surface area contributed by atoms with E-state index in [1.54, 1.807) is 0 Å². The number of carbonyl (C=O) groups is 1. The molecule has 0 bridgehead atoms. The van der Waals surface area contributed by atoms with E-state index in [-0.39, 0.29) is 11.5 Å². The molecule has 1 atom stereocenters. The van der Waals surface area contributed by atoms with Crippen LogP contribution in [0.15, 0.2) is 30.3 Å². The van der Waals surface area contributed by atoms with E-state index in [1.807, 2.05) is 30.3 Å². The molecule has 4 rings (SSSR count). The van der Waals surface area contributed by atoms with Gasteiger partial charge in [-0.2, -0.15) is 0 Å². The first kappa shape index (κ1) is 17.0. The fraction of sp³-hybridized carbons (Fsp3) is 0.650. The van der Waals surface area contributed by atoms with Gasteiger partial charge in [-0.3, -0.25) is 9.69 Å². The lowest BCUT2D eigenvalue weighted by molar-refractivity contribution is -0.123. The van der Waals surface area contributed by atoms with Gasteiger partial charge in [-0.15, -0.1) is 0 Å². The molecule has 5 heteroatoms. The summed E-state index contributed by atoms with van der Waals surface area (Å²) in [5.41, 5.74) is 1.20. The molecule has 2 saturated heterocycles. The summed E-state index contributed by atoms with van der Waals surface area (Å²) >= 11 is 0. The standard InChI is InChI=1S/C20H29N3O2/c24-19(21-13-16-4-2-1-3-5-16)14-23-10-8-20(9-11-23)12-18(15-25-20)22-17-6-7-17/h1-5,17-18,22H,6-15H2,(H,21,24). The number of piperidine rings is 1. The topological polar surface area (TPSA) is 53.6 Å². The molecule has 3 aliphatic rings. The van der Waals surface area contributed by atoms with Crippen molar-refractivity contribution in [3.05, 3.63) is 35.9 Å². The van der Waals surface area contributed by atoms with Crippen molar-refractivity contribution in [3.63, 3.8) is 0 Å². The van der Waals surface area contributed by atoms with Crippen LogP contribution in [0.3, 0.4) is 0 Å². The smallest absolute Gasteiger partial charge is 0.234 e. The molecule has 25 heavy (non-hydrogen) atoms. The van der Waals surface area contributed by atoms with Crippen molar-refractivity contribution in [2.45, 2.75) is 56.3 Å². The molecule has 0 aromatic heterocycles. The van der Waals surface area contributed by atoms with E-state index >= 15 is 0 Å². The molecule has 0 radical (unpaired) electrons. The lowest BCUT2D eigenvalue weighted by atomic mass is 9.87. The minimum absolute atomic E-state index is 0.0591. The normalized spacial score (nSPS) is 26.0. The average molecular weight is 343 g/mol. The summed E-state index contributed by atoms with van der Waals surface area (Å²) in [4.78, 5) is 14.4. The van der Waals surface area contributed by atoms with E-state index < -0.39 is 0 Å². The minimum Gasteiger partial charge on any atom is -0.373 e. The van der Waals surface area contributed by atoms with E-state index in [1.165, 1.54) is 12.8 Å². The van der Waals surface area contributed by atoms with E-state index in [2.05, 4.69) is 15.5 Å². The third-order valence-electron chi connectivity index (χ3n) is 5.72. The van der Waals surface area contributed by atoms with E-state index in [0.29, 0.717) is 19.1 Å². The number of likely N-dealkylation sites (tertiary alicyclic amines) is 1. The predicted molar refractivity (Wildman–Crippen MR) is 97.2 cm³/mol. The summed E-state index contributed by atoms with van der Waals surface area (Å²) in [5.74, 6) is 0.111. The molecule has 1 aliphatic carbocycles. The van der Waals surface area contributed by atoms with Gasteiger partial charge in [-0.05, 0) is 37.7 Å². The zero-order valence-corrected chi connectivity index (χ0v) is 14.9. The van der Waals surface area contributed by atoms with Crippen LogP contribution in [0.4, 0.5) is 0 Å². The Kier molecular flexibility index (Phi) is 5.06. The largest absolute Gasteiger partial charge is 0.373 e. The summed E-state index contributed by atoms with van der Waals surface area (Å²) < 4.78 is 6.19. The second-order valence-corrected chi connectivity index (χ2v) is 7.87. The second-order valence-electron chi connectivity index (χ2n) is 7.87. The van der Waals surface area contributed by atoms with Gasteiger partial charge in [0.25, 0.3) is 0 Å². The minimum atomic E-state index is 0.0591. The molecule has 1 amide bonds. The van der Waals surface area contributed by atoms with Crippen molar-refractivity contribution in [2.24, 2.45) is 0 Å². The number of nitrogens with one attached hydrogen (secondary N) is 2. The summed E-state index contributed by atoms with van der Waals surface area (Å²) in [7, 11) is 0. The first-order valence-electron chi connectivity index (χ1n) is 9.64. The van der Waals surface area contributed by atoms with Crippen molar-refractivity contribution in [1.29, 1.82) is 0 Å². The molecule has 1 saturated carbocycles. The highest BCUT2D eigenvalue weighted by molar-refractivity contribution is 5.78. The first-order chi connectivity index (χ1) is 12.2. The van der Waals surface area contributed by atoms with Crippen molar-refractivity contribution in [3.8, 4) is 0 Å². The van der Waals surface area contributed by atoms with Gasteiger partial charge in [0.1, 0.15) is 0 Å². The van der Waals surface area contributed by atoms with Crippen LogP contribution in [0, 0.1) is 0 Å². The number of hydrogen-bond acceptors (Lipinski definition) is 4. The molecule has 2 aliphatic heterocycles. The van der Waals surface area contributed by atoms with Gasteiger partial charge in [-0.1, -0.05) is 30.3 Å². The Bertz CT molecular complexity index is 580. The Balaban J connectivity index is 1.18. The molecule has 1 aromatic carbocycles. The van der Waals surface area contributed by atoms with Crippen LogP contribution in [0.2, 0.25) is 0 Å². The molecule has 1 unspecified atom stereocenters. The Morgan fingerprint density at radius 2 is 1.92 bits per heavy atom. The van der Waals surface area contributed by atoms with E-state index in [4.69, 9.17) is 4.74 Å². The summed E-state index contributed by atoms with van der Waals surface area (Å²) in [6.07, 6.45) is 5.88. The third-order valence-corrected chi connectivity index (χ3v) is 5.72. The molecule has 3 fully saturated rings. The maximum Gasteiger partial charge on any atom is 0.234 e. The van der Waals surface area contributed by atoms with Gasteiger partial charge in [0.2, 0.25) is 5.91 Å². The Morgan fingerprint density at radius 1 is 1.16 bits per heavy atom. The number of benzene rings is 1. The van der Waals surface area contributed by atoms with Gasteiger partial charge in [0.05, 0.1) is 18.8 Å². The zero-order valence-electron chi connectivity index (χ0n) is 14.9. The van der Waals surface area contributed by atoms with Gasteiger partial charge < -0.3 is 15.4 Å². The average Bonchev–Trinajstić information content (AvgIpc) is 3.37. The fourth-order valence-electron chi connectivity index (χ4n) is 4.06. The van der Waals surface area contributed by atoms with E-state index in [0.717, 1.165) is 50.6 Å². The van der Waals surface area contributed by atoms with Crippen LogP contribution in [0.1, 0.15) is 37.7 Å². The fourth-order valence-corrected chi connectivity index (χ4v) is 4.06. The lowest BCUT2D eigenvalue weighted by Crippen LogP contribution is -2.47.